The number of anilines is 1. The summed E-state index contributed by atoms with van der Waals surface area (Å²) < 4.78 is 49.4. The second-order valence-electron chi connectivity index (χ2n) is 6.62. The molecule has 2 aromatic heterocycles. The molecule has 1 aliphatic rings. The molecular formula is C20H14F3N3O. The fourth-order valence-electron chi connectivity index (χ4n) is 3.64. The summed E-state index contributed by atoms with van der Waals surface area (Å²) in [6.45, 7) is 1.57. The summed E-state index contributed by atoms with van der Waals surface area (Å²) in [5, 5.41) is 0.182. The molecule has 3 heterocycles. The highest BCUT2D eigenvalue weighted by Gasteiger charge is 2.21. The molecule has 5 rings (SSSR count). The summed E-state index contributed by atoms with van der Waals surface area (Å²) in [4.78, 5) is 9.98. The van der Waals surface area contributed by atoms with Gasteiger partial charge >= 0.3 is 0 Å². The molecule has 136 valence electrons. The molecule has 4 nitrogen and oxygen atoms in total. The minimum absolute atomic E-state index is 0.0274. The van der Waals surface area contributed by atoms with Gasteiger partial charge < -0.3 is 9.32 Å². The van der Waals surface area contributed by atoms with Crippen molar-refractivity contribution in [3.05, 3.63) is 54.1 Å². The Bertz CT molecular complexity index is 1160. The highest BCUT2D eigenvalue weighted by molar-refractivity contribution is 6.00. The first-order valence-corrected chi connectivity index (χ1v) is 8.69. The van der Waals surface area contributed by atoms with E-state index in [2.05, 4.69) is 9.97 Å². The third-order valence-corrected chi connectivity index (χ3v) is 4.96. The van der Waals surface area contributed by atoms with Gasteiger partial charge in [-0.2, -0.15) is 0 Å². The number of halogens is 3. The molecule has 0 aliphatic carbocycles. The summed E-state index contributed by atoms with van der Waals surface area (Å²) in [7, 11) is 0. The summed E-state index contributed by atoms with van der Waals surface area (Å²) in [6, 6.07) is 6.68. The second-order valence-corrected chi connectivity index (χ2v) is 6.62. The third kappa shape index (κ3) is 2.53. The third-order valence-electron chi connectivity index (χ3n) is 4.96. The normalized spacial score (nSPS) is 14.6. The summed E-state index contributed by atoms with van der Waals surface area (Å²) in [5.41, 5.74) is 1.02. The maximum absolute atomic E-state index is 14.8. The number of benzene rings is 2. The molecule has 1 fully saturated rings. The Kier molecular flexibility index (Phi) is 3.56. The van der Waals surface area contributed by atoms with E-state index in [1.54, 1.807) is 0 Å². The smallest absolute Gasteiger partial charge is 0.165 e. The van der Waals surface area contributed by atoms with E-state index in [9.17, 15) is 13.2 Å². The molecule has 0 N–H and O–H groups in total. The van der Waals surface area contributed by atoms with E-state index < -0.39 is 17.5 Å². The lowest BCUT2D eigenvalue weighted by Gasteiger charge is -2.18. The summed E-state index contributed by atoms with van der Waals surface area (Å²) >= 11 is 0. The van der Waals surface area contributed by atoms with Crippen molar-refractivity contribution in [1.82, 2.24) is 9.97 Å². The van der Waals surface area contributed by atoms with Gasteiger partial charge in [0.2, 0.25) is 0 Å². The summed E-state index contributed by atoms with van der Waals surface area (Å²) in [6.07, 6.45) is 3.30. The van der Waals surface area contributed by atoms with E-state index in [1.165, 1.54) is 36.7 Å². The zero-order valence-corrected chi connectivity index (χ0v) is 14.2. The van der Waals surface area contributed by atoms with Crippen molar-refractivity contribution < 1.29 is 17.6 Å². The lowest BCUT2D eigenvalue weighted by atomic mass is 10.1. The Morgan fingerprint density at radius 2 is 1.63 bits per heavy atom. The predicted molar refractivity (Wildman–Crippen MR) is 96.1 cm³/mol. The number of rotatable bonds is 2. The number of hydrogen-bond acceptors (Lipinski definition) is 4. The van der Waals surface area contributed by atoms with Crippen molar-refractivity contribution in [2.24, 2.45) is 0 Å². The van der Waals surface area contributed by atoms with Crippen LogP contribution in [0.25, 0.3) is 33.3 Å². The first-order valence-electron chi connectivity index (χ1n) is 8.69. The number of nitrogens with zero attached hydrogens (tertiary/aromatic N) is 3. The number of aromatic nitrogens is 2. The van der Waals surface area contributed by atoms with Gasteiger partial charge in [0, 0.05) is 24.8 Å². The predicted octanol–water partition coefficient (Wildman–Crippen LogP) is 5.06. The molecule has 1 saturated heterocycles. The summed E-state index contributed by atoms with van der Waals surface area (Å²) in [5.74, 6) is -2.00. The quantitative estimate of drug-likeness (QED) is 0.495. The number of hydrogen-bond donors (Lipinski definition) is 0. The average molecular weight is 369 g/mol. The van der Waals surface area contributed by atoms with Gasteiger partial charge in [-0.15, -0.1) is 0 Å². The standard InChI is InChI=1S/C20H14F3N3O/c21-13-9-16-19(25-10-24-16)20-12(13)3-4-17(27-20)18-14(22)7-11(8-15(18)23)26-5-1-2-6-26/h3-4,7-10H,1-2,5-6H2. The average Bonchev–Trinajstić information content (AvgIpc) is 3.33. The van der Waals surface area contributed by atoms with Crippen LogP contribution >= 0.6 is 0 Å². The molecule has 4 aromatic rings. The van der Waals surface area contributed by atoms with Crippen LogP contribution in [0.4, 0.5) is 18.9 Å². The van der Waals surface area contributed by atoms with Crippen LogP contribution in [-0.2, 0) is 0 Å². The van der Waals surface area contributed by atoms with Crippen molar-refractivity contribution in [2.45, 2.75) is 12.8 Å². The van der Waals surface area contributed by atoms with E-state index in [4.69, 9.17) is 4.42 Å². The molecule has 0 atom stereocenters. The van der Waals surface area contributed by atoms with Gasteiger partial charge in [0.1, 0.15) is 35.1 Å². The highest BCUT2D eigenvalue weighted by Crippen LogP contribution is 2.35. The van der Waals surface area contributed by atoms with E-state index in [1.807, 2.05) is 4.90 Å². The molecular weight excluding hydrogens is 355 g/mol. The zero-order chi connectivity index (χ0) is 18.5. The SMILES string of the molecule is Fc1cc(N2CCCC2)cc(F)c1-c1ccc2c(F)cc3ncnc3c2o1. The van der Waals surface area contributed by atoms with E-state index >= 15 is 0 Å². The molecule has 7 heteroatoms. The van der Waals surface area contributed by atoms with Gasteiger partial charge in [0.15, 0.2) is 5.58 Å². The van der Waals surface area contributed by atoms with Crippen LogP contribution in [0.3, 0.4) is 0 Å². The van der Waals surface area contributed by atoms with Crippen molar-refractivity contribution >= 4 is 27.7 Å². The number of imidazole rings is 1. The highest BCUT2D eigenvalue weighted by atomic mass is 19.1. The van der Waals surface area contributed by atoms with Crippen LogP contribution < -0.4 is 4.90 Å². The monoisotopic (exact) mass is 369 g/mol. The van der Waals surface area contributed by atoms with Crippen molar-refractivity contribution in [2.75, 3.05) is 18.0 Å². The van der Waals surface area contributed by atoms with E-state index in [-0.39, 0.29) is 22.3 Å². The molecule has 27 heavy (non-hydrogen) atoms. The fourth-order valence-corrected chi connectivity index (χ4v) is 3.64. The first kappa shape index (κ1) is 16.1. The maximum Gasteiger partial charge on any atom is 0.165 e. The molecule has 2 aromatic carbocycles. The minimum atomic E-state index is -0.721. The molecule has 0 bridgehead atoms. The lowest BCUT2D eigenvalue weighted by Crippen LogP contribution is -2.18. The Hall–Kier alpha value is -3.09. The lowest BCUT2D eigenvalue weighted by molar-refractivity contribution is 0.561. The largest absolute Gasteiger partial charge is 0.453 e. The van der Waals surface area contributed by atoms with Crippen molar-refractivity contribution in [3.8, 4) is 11.3 Å². The van der Waals surface area contributed by atoms with Crippen LogP contribution in [0.1, 0.15) is 12.8 Å². The van der Waals surface area contributed by atoms with Crippen LogP contribution in [0.15, 0.2) is 41.1 Å². The molecule has 0 unspecified atom stereocenters. The Morgan fingerprint density at radius 1 is 0.889 bits per heavy atom. The Morgan fingerprint density at radius 3 is 2.37 bits per heavy atom. The maximum atomic E-state index is 14.8. The molecule has 0 radical (unpaired) electrons. The van der Waals surface area contributed by atoms with Crippen molar-refractivity contribution in [1.29, 1.82) is 0 Å². The number of fused-ring (bicyclic) bond motifs is 3. The molecule has 0 amide bonds. The molecule has 0 spiro atoms. The topological polar surface area (TPSA) is 42.2 Å². The van der Waals surface area contributed by atoms with Crippen LogP contribution in [0.5, 0.6) is 0 Å². The van der Waals surface area contributed by atoms with E-state index in [0.717, 1.165) is 25.9 Å². The van der Waals surface area contributed by atoms with Gasteiger partial charge in [-0.05, 0) is 37.1 Å². The van der Waals surface area contributed by atoms with Gasteiger partial charge in [-0.25, -0.2) is 23.1 Å². The second kappa shape index (κ2) is 5.97. The van der Waals surface area contributed by atoms with E-state index in [0.29, 0.717) is 16.7 Å². The molecule has 1 aliphatic heterocycles. The van der Waals surface area contributed by atoms with Gasteiger partial charge in [-0.1, -0.05) is 0 Å². The van der Waals surface area contributed by atoms with Gasteiger partial charge in [0.25, 0.3) is 0 Å². The fraction of sp³-hybridized carbons (Fsp3) is 0.200. The minimum Gasteiger partial charge on any atom is -0.453 e. The van der Waals surface area contributed by atoms with Crippen LogP contribution in [0, 0.1) is 17.5 Å². The Labute approximate surface area is 152 Å². The van der Waals surface area contributed by atoms with Gasteiger partial charge in [0.05, 0.1) is 16.5 Å². The zero-order valence-electron chi connectivity index (χ0n) is 14.2. The molecule has 0 saturated carbocycles. The first-order chi connectivity index (χ1) is 13.1. The van der Waals surface area contributed by atoms with Crippen LogP contribution in [0.2, 0.25) is 0 Å². The van der Waals surface area contributed by atoms with Gasteiger partial charge in [-0.3, -0.25) is 0 Å². The Balaban J connectivity index is 1.69. The van der Waals surface area contributed by atoms with Crippen molar-refractivity contribution in [3.63, 3.8) is 0 Å². The van der Waals surface area contributed by atoms with Crippen LogP contribution in [-0.4, -0.2) is 23.1 Å².